The maximum absolute atomic E-state index is 12.4. The average Bonchev–Trinajstić information content (AvgIpc) is 2.76. The molecule has 0 saturated carbocycles. The molecule has 1 aromatic heterocycles. The molecule has 0 aliphatic heterocycles. The number of amides is 1. The fourth-order valence-electron chi connectivity index (χ4n) is 2.11. The fraction of sp³-hybridized carbons (Fsp3) is 0.375. The number of para-hydroxylation sites is 1. The van der Waals surface area contributed by atoms with E-state index < -0.39 is 0 Å². The van der Waals surface area contributed by atoms with E-state index in [1.807, 2.05) is 25.2 Å². The van der Waals surface area contributed by atoms with E-state index >= 15 is 0 Å². The smallest absolute Gasteiger partial charge is 0.259 e. The van der Waals surface area contributed by atoms with Crippen LogP contribution in [0.15, 0.2) is 30.5 Å². The summed E-state index contributed by atoms with van der Waals surface area (Å²) in [5, 5.41) is 7.21. The van der Waals surface area contributed by atoms with Gasteiger partial charge in [-0.25, -0.2) is 0 Å². The van der Waals surface area contributed by atoms with Crippen molar-refractivity contribution in [2.75, 3.05) is 5.32 Å². The molecule has 0 bridgehead atoms. The first-order valence-corrected chi connectivity index (χ1v) is 8.13. The summed E-state index contributed by atoms with van der Waals surface area (Å²) in [5.41, 5.74) is 2.68. The summed E-state index contributed by atoms with van der Waals surface area (Å²) < 4.78 is 2.37. The normalized spacial score (nSPS) is 10.9. The van der Waals surface area contributed by atoms with Crippen LogP contribution in [-0.2, 0) is 13.5 Å². The molecule has 0 unspecified atom stereocenters. The maximum Gasteiger partial charge on any atom is 0.259 e. The van der Waals surface area contributed by atoms with E-state index in [1.54, 1.807) is 10.9 Å². The molecule has 1 aromatic carbocycles. The van der Waals surface area contributed by atoms with Gasteiger partial charge in [-0.05, 0) is 53.0 Å². The molecule has 0 atom stereocenters. The Morgan fingerprint density at radius 2 is 2.10 bits per heavy atom. The summed E-state index contributed by atoms with van der Waals surface area (Å²) >= 11 is 2.08. The molecule has 21 heavy (non-hydrogen) atoms. The van der Waals surface area contributed by atoms with Crippen molar-refractivity contribution in [1.29, 1.82) is 0 Å². The molecule has 2 rings (SSSR count). The highest BCUT2D eigenvalue weighted by Gasteiger charge is 2.15. The van der Waals surface area contributed by atoms with Crippen LogP contribution < -0.4 is 5.32 Å². The molecule has 1 heterocycles. The third kappa shape index (κ3) is 4.30. The van der Waals surface area contributed by atoms with Crippen molar-refractivity contribution >= 4 is 34.2 Å². The lowest BCUT2D eigenvalue weighted by molar-refractivity contribution is 0.102. The Hall–Kier alpha value is -1.37. The Morgan fingerprint density at radius 3 is 2.71 bits per heavy atom. The number of halogens is 1. The van der Waals surface area contributed by atoms with Crippen LogP contribution in [-0.4, -0.2) is 15.7 Å². The van der Waals surface area contributed by atoms with Crippen LogP contribution in [0.1, 0.15) is 36.2 Å². The van der Waals surface area contributed by atoms with Crippen LogP contribution in [0, 0.1) is 9.62 Å². The summed E-state index contributed by atoms with van der Waals surface area (Å²) in [6.45, 7) is 4.42. The van der Waals surface area contributed by atoms with Crippen LogP contribution in [0.2, 0.25) is 0 Å². The first-order valence-electron chi connectivity index (χ1n) is 7.05. The predicted molar refractivity (Wildman–Crippen MR) is 93.5 cm³/mol. The highest BCUT2D eigenvalue weighted by molar-refractivity contribution is 14.1. The Bertz CT molecular complexity index is 634. The van der Waals surface area contributed by atoms with Crippen molar-refractivity contribution in [3.05, 3.63) is 45.3 Å². The second-order valence-electron chi connectivity index (χ2n) is 5.55. The average molecular weight is 397 g/mol. The maximum atomic E-state index is 12.4. The Morgan fingerprint density at radius 1 is 1.38 bits per heavy atom. The first-order chi connectivity index (χ1) is 9.97. The summed E-state index contributed by atoms with van der Waals surface area (Å²) in [7, 11) is 1.82. The second kappa shape index (κ2) is 7.06. The molecule has 0 fully saturated rings. The van der Waals surface area contributed by atoms with Crippen LogP contribution in [0.5, 0.6) is 0 Å². The van der Waals surface area contributed by atoms with Crippen molar-refractivity contribution < 1.29 is 4.79 Å². The predicted octanol–water partition coefficient (Wildman–Crippen LogP) is 3.87. The van der Waals surface area contributed by atoms with Gasteiger partial charge >= 0.3 is 0 Å². The number of nitrogens with zero attached hydrogens (tertiary/aromatic N) is 2. The van der Waals surface area contributed by atoms with Gasteiger partial charge in [-0.3, -0.25) is 9.48 Å². The zero-order valence-electron chi connectivity index (χ0n) is 12.6. The molecular weight excluding hydrogens is 377 g/mol. The third-order valence-corrected chi connectivity index (χ3v) is 4.08. The molecule has 1 N–H and O–H groups in total. The number of anilines is 1. The number of carbonyl (C=O) groups excluding carboxylic acids is 1. The van der Waals surface area contributed by atoms with Gasteiger partial charge in [0.1, 0.15) is 3.70 Å². The molecule has 0 spiro atoms. The second-order valence-corrected chi connectivity index (χ2v) is 6.57. The third-order valence-electron chi connectivity index (χ3n) is 3.28. The van der Waals surface area contributed by atoms with Crippen molar-refractivity contribution in [3.63, 3.8) is 0 Å². The van der Waals surface area contributed by atoms with Gasteiger partial charge in [0.15, 0.2) is 0 Å². The van der Waals surface area contributed by atoms with Crippen LogP contribution >= 0.6 is 22.6 Å². The zero-order chi connectivity index (χ0) is 15.4. The van der Waals surface area contributed by atoms with E-state index in [0.717, 1.165) is 18.5 Å². The van der Waals surface area contributed by atoms with Crippen molar-refractivity contribution in [3.8, 4) is 0 Å². The fourth-order valence-corrected chi connectivity index (χ4v) is 2.83. The SMILES string of the molecule is CC(C)CCc1ccccc1NC(=O)c1cn(C)nc1I. The Balaban J connectivity index is 2.15. The molecule has 0 aliphatic carbocycles. The van der Waals surface area contributed by atoms with Crippen molar-refractivity contribution in [2.45, 2.75) is 26.7 Å². The number of rotatable bonds is 5. The number of aromatic nitrogens is 2. The van der Waals surface area contributed by atoms with Gasteiger partial charge < -0.3 is 5.32 Å². The van der Waals surface area contributed by atoms with Crippen LogP contribution in [0.25, 0.3) is 0 Å². The zero-order valence-corrected chi connectivity index (χ0v) is 14.7. The molecule has 1 amide bonds. The Kier molecular flexibility index (Phi) is 5.39. The summed E-state index contributed by atoms with van der Waals surface area (Å²) in [4.78, 5) is 12.4. The van der Waals surface area contributed by atoms with Gasteiger partial charge in [-0.15, -0.1) is 0 Å². The van der Waals surface area contributed by atoms with Crippen molar-refractivity contribution in [2.24, 2.45) is 13.0 Å². The minimum absolute atomic E-state index is 0.107. The highest BCUT2D eigenvalue weighted by Crippen LogP contribution is 2.20. The van der Waals surface area contributed by atoms with Gasteiger partial charge in [0.2, 0.25) is 0 Å². The summed E-state index contributed by atoms with van der Waals surface area (Å²) in [6, 6.07) is 7.99. The first kappa shape index (κ1) is 16.0. The molecule has 5 heteroatoms. The van der Waals surface area contributed by atoms with E-state index in [1.165, 1.54) is 5.56 Å². The Labute approximate surface area is 139 Å². The minimum Gasteiger partial charge on any atom is -0.322 e. The van der Waals surface area contributed by atoms with Crippen LogP contribution in [0.3, 0.4) is 0 Å². The number of nitrogens with one attached hydrogen (secondary N) is 1. The van der Waals surface area contributed by atoms with Gasteiger partial charge in [-0.2, -0.15) is 5.10 Å². The quantitative estimate of drug-likeness (QED) is 0.779. The molecular formula is C16H20IN3O. The lowest BCUT2D eigenvalue weighted by Gasteiger charge is -2.11. The molecule has 4 nitrogen and oxygen atoms in total. The molecule has 0 aliphatic rings. The number of benzene rings is 1. The number of hydrogen-bond donors (Lipinski definition) is 1. The van der Waals surface area contributed by atoms with Crippen molar-refractivity contribution in [1.82, 2.24) is 9.78 Å². The molecule has 0 radical (unpaired) electrons. The molecule has 112 valence electrons. The number of hydrogen-bond acceptors (Lipinski definition) is 2. The summed E-state index contributed by atoms with van der Waals surface area (Å²) in [5.74, 6) is 0.539. The van der Waals surface area contributed by atoms with E-state index in [-0.39, 0.29) is 5.91 Å². The molecule has 0 saturated heterocycles. The van der Waals surface area contributed by atoms with Gasteiger partial charge in [-0.1, -0.05) is 32.0 Å². The van der Waals surface area contributed by atoms with E-state index in [9.17, 15) is 4.79 Å². The van der Waals surface area contributed by atoms with Gasteiger partial charge in [0, 0.05) is 18.9 Å². The standard InChI is InChI=1S/C16H20IN3O/c1-11(2)8-9-12-6-4-5-7-14(12)18-16(21)13-10-20(3)19-15(13)17/h4-7,10-11H,8-9H2,1-3H3,(H,18,21). The lowest BCUT2D eigenvalue weighted by atomic mass is 10.0. The van der Waals surface area contributed by atoms with E-state index in [2.05, 4.69) is 52.9 Å². The highest BCUT2D eigenvalue weighted by atomic mass is 127. The van der Waals surface area contributed by atoms with Crippen LogP contribution in [0.4, 0.5) is 5.69 Å². The minimum atomic E-state index is -0.107. The molecule has 2 aromatic rings. The monoisotopic (exact) mass is 397 g/mol. The van der Waals surface area contributed by atoms with Gasteiger partial charge in [0.05, 0.1) is 5.56 Å². The largest absolute Gasteiger partial charge is 0.322 e. The van der Waals surface area contributed by atoms with Gasteiger partial charge in [0.25, 0.3) is 5.91 Å². The summed E-state index contributed by atoms with van der Waals surface area (Å²) in [6.07, 6.45) is 3.82. The van der Waals surface area contributed by atoms with E-state index in [0.29, 0.717) is 15.2 Å². The number of carbonyl (C=O) groups is 1. The topological polar surface area (TPSA) is 46.9 Å². The van der Waals surface area contributed by atoms with E-state index in [4.69, 9.17) is 0 Å². The number of aryl methyl sites for hydroxylation is 2. The lowest BCUT2D eigenvalue weighted by Crippen LogP contribution is -2.14.